The zero-order chi connectivity index (χ0) is 16.2. The van der Waals surface area contributed by atoms with Crippen LogP contribution < -0.4 is 9.62 Å². The van der Waals surface area contributed by atoms with Gasteiger partial charge in [-0.25, -0.2) is 8.42 Å². The third-order valence-electron chi connectivity index (χ3n) is 5.26. The lowest BCUT2D eigenvalue weighted by atomic mass is 10.0. The number of nitrogens with zero attached hydrogens (tertiary/aromatic N) is 2. The van der Waals surface area contributed by atoms with Gasteiger partial charge < -0.3 is 10.2 Å². The topological polar surface area (TPSA) is 69.7 Å². The van der Waals surface area contributed by atoms with Crippen LogP contribution in [0.2, 0.25) is 0 Å². The van der Waals surface area contributed by atoms with Crippen LogP contribution in [-0.2, 0) is 16.4 Å². The predicted octanol–water partition coefficient (Wildman–Crippen LogP) is 0.722. The number of hydrogen-bond acceptors (Lipinski definition) is 4. The highest BCUT2D eigenvalue weighted by Crippen LogP contribution is 2.32. The van der Waals surface area contributed by atoms with E-state index in [1.165, 1.54) is 10.6 Å². The first-order valence-electron chi connectivity index (χ1n) is 8.04. The number of anilines is 1. The number of amides is 1. The number of fused-ring (bicyclic) bond motifs is 2. The first kappa shape index (κ1) is 17.5. The van der Waals surface area contributed by atoms with E-state index >= 15 is 0 Å². The molecule has 4 rings (SSSR count). The van der Waals surface area contributed by atoms with Crippen molar-refractivity contribution in [3.8, 4) is 0 Å². The van der Waals surface area contributed by atoms with Crippen molar-refractivity contribution < 1.29 is 13.2 Å². The molecule has 6 nitrogen and oxygen atoms in total. The van der Waals surface area contributed by atoms with Crippen LogP contribution in [0.4, 0.5) is 5.69 Å². The van der Waals surface area contributed by atoms with Crippen molar-refractivity contribution >= 4 is 34.0 Å². The number of carbonyl (C=O) groups is 1. The zero-order valence-corrected chi connectivity index (χ0v) is 15.2. The molecule has 0 unspecified atom stereocenters. The first-order valence-corrected chi connectivity index (χ1v) is 9.89. The minimum absolute atomic E-state index is 0. The summed E-state index contributed by atoms with van der Waals surface area (Å²) in [6.07, 6.45) is 1.89. The second-order valence-electron chi connectivity index (χ2n) is 6.82. The fraction of sp³-hybridized carbons (Fsp3) is 0.562. The molecule has 0 saturated carbocycles. The van der Waals surface area contributed by atoms with E-state index in [1.54, 1.807) is 12.1 Å². The lowest BCUT2D eigenvalue weighted by Gasteiger charge is -2.19. The maximum Gasteiger partial charge on any atom is 0.253 e. The summed E-state index contributed by atoms with van der Waals surface area (Å²) in [4.78, 5) is 14.7. The molecule has 0 aromatic heterocycles. The summed E-state index contributed by atoms with van der Waals surface area (Å²) in [5, 5.41) is 3.38. The maximum atomic E-state index is 12.7. The third-order valence-corrected chi connectivity index (χ3v) is 6.44. The highest BCUT2D eigenvalue weighted by Gasteiger charge is 2.38. The fourth-order valence-electron chi connectivity index (χ4n) is 4.05. The van der Waals surface area contributed by atoms with E-state index in [9.17, 15) is 13.2 Å². The molecule has 2 atom stereocenters. The normalized spacial score (nSPS) is 25.4. The second kappa shape index (κ2) is 6.20. The Morgan fingerprint density at radius 1 is 1.21 bits per heavy atom. The van der Waals surface area contributed by atoms with E-state index in [0.29, 0.717) is 36.1 Å². The van der Waals surface area contributed by atoms with E-state index in [0.717, 1.165) is 31.7 Å². The molecule has 2 saturated heterocycles. The summed E-state index contributed by atoms with van der Waals surface area (Å²) in [5.41, 5.74) is 2.33. The van der Waals surface area contributed by atoms with Crippen molar-refractivity contribution in [2.75, 3.05) is 43.3 Å². The number of rotatable bonds is 2. The maximum absolute atomic E-state index is 12.7. The summed E-state index contributed by atoms with van der Waals surface area (Å²) < 4.78 is 25.0. The molecule has 3 aliphatic heterocycles. The average Bonchev–Trinajstić information content (AvgIpc) is 3.18. The zero-order valence-electron chi connectivity index (χ0n) is 13.6. The lowest BCUT2D eigenvalue weighted by Crippen LogP contribution is -2.32. The van der Waals surface area contributed by atoms with Crippen LogP contribution in [0, 0.1) is 11.8 Å². The Kier molecular flexibility index (Phi) is 4.53. The molecule has 3 aliphatic rings. The van der Waals surface area contributed by atoms with Crippen molar-refractivity contribution in [1.29, 1.82) is 0 Å². The molecule has 0 radical (unpaired) electrons. The van der Waals surface area contributed by atoms with E-state index in [4.69, 9.17) is 0 Å². The Morgan fingerprint density at radius 3 is 2.50 bits per heavy atom. The van der Waals surface area contributed by atoms with Gasteiger partial charge in [-0.2, -0.15) is 0 Å². The van der Waals surface area contributed by atoms with Gasteiger partial charge in [0.2, 0.25) is 10.0 Å². The van der Waals surface area contributed by atoms with E-state index in [2.05, 4.69) is 5.32 Å². The third kappa shape index (κ3) is 2.89. The van der Waals surface area contributed by atoms with Crippen LogP contribution in [0.3, 0.4) is 0 Å². The molecule has 3 heterocycles. The van der Waals surface area contributed by atoms with E-state index in [-0.39, 0.29) is 18.3 Å². The van der Waals surface area contributed by atoms with Crippen LogP contribution in [0.15, 0.2) is 18.2 Å². The van der Waals surface area contributed by atoms with Crippen molar-refractivity contribution in [1.82, 2.24) is 10.2 Å². The molecule has 1 N–H and O–H groups in total. The molecule has 0 aliphatic carbocycles. The summed E-state index contributed by atoms with van der Waals surface area (Å²) in [7, 11) is -3.24. The number of benzene rings is 1. The second-order valence-corrected chi connectivity index (χ2v) is 8.72. The molecule has 1 amide bonds. The SMILES string of the molecule is CS(=O)(=O)N1CCc2cc(C(=O)N3C[C@H]4CNC[C@H]4C3)ccc21.Cl. The summed E-state index contributed by atoms with van der Waals surface area (Å²) >= 11 is 0. The molecule has 1 aromatic rings. The molecule has 24 heavy (non-hydrogen) atoms. The average molecular weight is 372 g/mol. The quantitative estimate of drug-likeness (QED) is 0.831. The van der Waals surface area contributed by atoms with Gasteiger partial charge in [-0.1, -0.05) is 0 Å². The number of likely N-dealkylation sites (tertiary alicyclic amines) is 1. The number of halogens is 1. The standard InChI is InChI=1S/C16H21N3O3S.ClH/c1-23(21,22)19-5-4-11-6-12(2-3-15(11)19)16(20)18-9-13-7-17-8-14(13)10-18;/h2-3,6,13-14,17H,4-5,7-10H2,1H3;1H/t13-,14+;. The lowest BCUT2D eigenvalue weighted by molar-refractivity contribution is 0.0781. The first-order chi connectivity index (χ1) is 10.9. The fourth-order valence-corrected chi connectivity index (χ4v) is 5.01. The van der Waals surface area contributed by atoms with E-state index < -0.39 is 10.0 Å². The van der Waals surface area contributed by atoms with Gasteiger partial charge in [-0.15, -0.1) is 12.4 Å². The van der Waals surface area contributed by atoms with Gasteiger partial charge >= 0.3 is 0 Å². The molecular formula is C16H22ClN3O3S. The van der Waals surface area contributed by atoms with Crippen LogP contribution >= 0.6 is 12.4 Å². The number of nitrogens with one attached hydrogen (secondary N) is 1. The van der Waals surface area contributed by atoms with Gasteiger partial charge in [-0.3, -0.25) is 9.10 Å². The van der Waals surface area contributed by atoms with Gasteiger partial charge in [0.05, 0.1) is 11.9 Å². The van der Waals surface area contributed by atoms with Gasteiger partial charge in [0.25, 0.3) is 5.91 Å². The molecule has 1 aromatic carbocycles. The Labute approximate surface area is 148 Å². The van der Waals surface area contributed by atoms with Crippen molar-refractivity contribution in [3.63, 3.8) is 0 Å². The van der Waals surface area contributed by atoms with Crippen LogP contribution in [0.5, 0.6) is 0 Å². The summed E-state index contributed by atoms with van der Waals surface area (Å²) in [6.45, 7) is 4.11. The minimum Gasteiger partial charge on any atom is -0.338 e. The monoisotopic (exact) mass is 371 g/mol. The molecule has 0 spiro atoms. The molecule has 2 fully saturated rings. The molecule has 8 heteroatoms. The van der Waals surface area contributed by atoms with Gasteiger partial charge in [0.15, 0.2) is 0 Å². The Balaban J connectivity index is 0.00000169. The highest BCUT2D eigenvalue weighted by molar-refractivity contribution is 7.92. The summed E-state index contributed by atoms with van der Waals surface area (Å²) in [6, 6.07) is 5.40. The number of carbonyl (C=O) groups excluding carboxylic acids is 1. The van der Waals surface area contributed by atoms with E-state index in [1.807, 2.05) is 11.0 Å². The Hall–Kier alpha value is -1.31. The Bertz CT molecular complexity index is 756. The van der Waals surface area contributed by atoms with Crippen molar-refractivity contribution in [2.24, 2.45) is 11.8 Å². The van der Waals surface area contributed by atoms with Crippen LogP contribution in [-0.4, -0.2) is 58.2 Å². The van der Waals surface area contributed by atoms with Crippen LogP contribution in [0.1, 0.15) is 15.9 Å². The van der Waals surface area contributed by atoms with Gasteiger partial charge in [-0.05, 0) is 42.0 Å². The van der Waals surface area contributed by atoms with Gasteiger partial charge in [0, 0.05) is 38.3 Å². The van der Waals surface area contributed by atoms with Crippen LogP contribution in [0.25, 0.3) is 0 Å². The van der Waals surface area contributed by atoms with Crippen molar-refractivity contribution in [3.05, 3.63) is 29.3 Å². The van der Waals surface area contributed by atoms with Gasteiger partial charge in [0.1, 0.15) is 0 Å². The predicted molar refractivity (Wildman–Crippen MR) is 95.3 cm³/mol. The molecular weight excluding hydrogens is 350 g/mol. The Morgan fingerprint density at radius 2 is 1.88 bits per heavy atom. The highest BCUT2D eigenvalue weighted by atomic mass is 35.5. The molecule has 0 bridgehead atoms. The largest absolute Gasteiger partial charge is 0.338 e. The summed E-state index contributed by atoms with van der Waals surface area (Å²) in [5.74, 6) is 1.23. The number of sulfonamides is 1. The number of hydrogen-bond donors (Lipinski definition) is 1. The minimum atomic E-state index is -3.24. The molecule has 132 valence electrons. The smallest absolute Gasteiger partial charge is 0.253 e. The van der Waals surface area contributed by atoms with Crippen molar-refractivity contribution in [2.45, 2.75) is 6.42 Å².